The van der Waals surface area contributed by atoms with Crippen molar-refractivity contribution < 1.29 is 19.0 Å². The lowest BCUT2D eigenvalue weighted by molar-refractivity contribution is 0.0526. The number of carbonyl (C=O) groups is 1. The zero-order chi connectivity index (χ0) is 18.2. The van der Waals surface area contributed by atoms with Gasteiger partial charge < -0.3 is 24.8 Å². The fourth-order valence-electron chi connectivity index (χ4n) is 2.13. The van der Waals surface area contributed by atoms with Crippen molar-refractivity contribution in [2.45, 2.75) is 6.92 Å². The van der Waals surface area contributed by atoms with Gasteiger partial charge in [-0.2, -0.15) is 0 Å². The van der Waals surface area contributed by atoms with Gasteiger partial charge in [-0.1, -0.05) is 6.07 Å². The number of benzene rings is 2. The molecule has 2 aromatic carbocycles. The smallest absolute Gasteiger partial charge is 0.338 e. The summed E-state index contributed by atoms with van der Waals surface area (Å²) in [5.74, 6) is 0.931. The number of thiocarbonyl (C=S) groups is 1. The summed E-state index contributed by atoms with van der Waals surface area (Å²) in [6.45, 7) is 2.09. The lowest BCUT2D eigenvalue weighted by atomic mass is 10.2. The van der Waals surface area contributed by atoms with Gasteiger partial charge in [0.1, 0.15) is 11.5 Å². The fourth-order valence-corrected chi connectivity index (χ4v) is 2.36. The molecule has 2 rings (SSSR count). The maximum absolute atomic E-state index is 11.8. The molecule has 0 amide bonds. The van der Waals surface area contributed by atoms with Gasteiger partial charge in [0.2, 0.25) is 0 Å². The molecule has 0 spiro atoms. The van der Waals surface area contributed by atoms with Gasteiger partial charge in [-0.3, -0.25) is 0 Å². The van der Waals surface area contributed by atoms with E-state index in [1.165, 1.54) is 0 Å². The lowest BCUT2D eigenvalue weighted by Gasteiger charge is -2.15. The molecule has 0 fully saturated rings. The second kappa shape index (κ2) is 8.89. The average Bonchev–Trinajstić information content (AvgIpc) is 2.62. The standard InChI is InChI=1S/C18H20N2O4S/c1-4-24-17(21)12-6-5-7-13(10-12)19-18(25)20-15-11-14(22-2)8-9-16(15)23-3/h5-11H,4H2,1-3H3,(H2,19,20,25). The molecular weight excluding hydrogens is 340 g/mol. The first-order chi connectivity index (χ1) is 12.1. The number of methoxy groups -OCH3 is 2. The predicted octanol–water partition coefficient (Wildman–Crippen LogP) is 3.69. The zero-order valence-electron chi connectivity index (χ0n) is 14.3. The van der Waals surface area contributed by atoms with E-state index in [9.17, 15) is 4.79 Å². The van der Waals surface area contributed by atoms with Gasteiger partial charge in [0.05, 0.1) is 32.1 Å². The minimum Gasteiger partial charge on any atom is -0.497 e. The Kier molecular flexibility index (Phi) is 6.59. The molecule has 0 atom stereocenters. The third-order valence-electron chi connectivity index (χ3n) is 3.29. The molecule has 6 nitrogen and oxygen atoms in total. The molecule has 2 aromatic rings. The first kappa shape index (κ1) is 18.5. The summed E-state index contributed by atoms with van der Waals surface area (Å²) in [4.78, 5) is 11.8. The minimum atomic E-state index is -0.375. The molecule has 0 bridgehead atoms. The highest BCUT2D eigenvalue weighted by atomic mass is 32.1. The van der Waals surface area contributed by atoms with Crippen molar-refractivity contribution in [3.8, 4) is 11.5 Å². The molecule has 0 radical (unpaired) electrons. The molecule has 0 aliphatic rings. The van der Waals surface area contributed by atoms with Gasteiger partial charge in [-0.15, -0.1) is 0 Å². The Hall–Kier alpha value is -2.80. The summed E-state index contributed by atoms with van der Waals surface area (Å²) in [6.07, 6.45) is 0. The van der Waals surface area contributed by atoms with Crippen LogP contribution in [0, 0.1) is 0 Å². The summed E-state index contributed by atoms with van der Waals surface area (Å²) < 4.78 is 15.5. The Morgan fingerprint density at radius 2 is 1.88 bits per heavy atom. The largest absolute Gasteiger partial charge is 0.497 e. The van der Waals surface area contributed by atoms with Crippen LogP contribution in [0.2, 0.25) is 0 Å². The van der Waals surface area contributed by atoms with Crippen molar-refractivity contribution in [2.75, 3.05) is 31.5 Å². The number of hydrogen-bond acceptors (Lipinski definition) is 5. The second-order valence-electron chi connectivity index (χ2n) is 4.95. The molecule has 0 heterocycles. The predicted molar refractivity (Wildman–Crippen MR) is 102 cm³/mol. The van der Waals surface area contributed by atoms with Gasteiger partial charge in [0.25, 0.3) is 0 Å². The summed E-state index contributed by atoms with van der Waals surface area (Å²) in [7, 11) is 3.16. The number of anilines is 2. The van der Waals surface area contributed by atoms with E-state index in [0.29, 0.717) is 40.2 Å². The van der Waals surface area contributed by atoms with E-state index in [1.54, 1.807) is 63.6 Å². The average molecular weight is 360 g/mol. The monoisotopic (exact) mass is 360 g/mol. The van der Waals surface area contributed by atoms with Crippen LogP contribution < -0.4 is 20.1 Å². The van der Waals surface area contributed by atoms with Crippen LogP contribution in [0.4, 0.5) is 11.4 Å². The number of carbonyl (C=O) groups excluding carboxylic acids is 1. The first-order valence-electron chi connectivity index (χ1n) is 7.64. The van der Waals surface area contributed by atoms with Gasteiger partial charge in [0.15, 0.2) is 5.11 Å². The summed E-state index contributed by atoms with van der Waals surface area (Å²) in [5.41, 5.74) is 1.79. The van der Waals surface area contributed by atoms with Crippen LogP contribution in [0.5, 0.6) is 11.5 Å². The van der Waals surface area contributed by atoms with Gasteiger partial charge in [0, 0.05) is 11.8 Å². The second-order valence-corrected chi connectivity index (χ2v) is 5.35. The molecule has 25 heavy (non-hydrogen) atoms. The topological polar surface area (TPSA) is 68.8 Å². The SMILES string of the molecule is CCOC(=O)c1cccc(NC(=S)Nc2cc(OC)ccc2OC)c1. The van der Waals surface area contributed by atoms with Crippen LogP contribution in [0.1, 0.15) is 17.3 Å². The minimum absolute atomic E-state index is 0.325. The zero-order valence-corrected chi connectivity index (χ0v) is 15.1. The Bertz CT molecular complexity index is 764. The van der Waals surface area contributed by atoms with E-state index in [-0.39, 0.29) is 5.97 Å². The third-order valence-corrected chi connectivity index (χ3v) is 3.49. The summed E-state index contributed by atoms with van der Waals surface area (Å²) in [5, 5.41) is 6.44. The van der Waals surface area contributed by atoms with E-state index in [4.69, 9.17) is 26.4 Å². The van der Waals surface area contributed by atoms with Crippen molar-refractivity contribution in [3.63, 3.8) is 0 Å². The quantitative estimate of drug-likeness (QED) is 0.601. The van der Waals surface area contributed by atoms with Crippen molar-refractivity contribution in [2.24, 2.45) is 0 Å². The van der Waals surface area contributed by atoms with Gasteiger partial charge >= 0.3 is 5.97 Å². The highest BCUT2D eigenvalue weighted by molar-refractivity contribution is 7.80. The molecule has 0 saturated heterocycles. The number of rotatable bonds is 6. The molecule has 0 saturated carbocycles. The molecule has 0 aliphatic carbocycles. The highest BCUT2D eigenvalue weighted by Gasteiger charge is 2.09. The molecule has 2 N–H and O–H groups in total. The fraction of sp³-hybridized carbons (Fsp3) is 0.222. The maximum atomic E-state index is 11.8. The van der Waals surface area contributed by atoms with Crippen molar-refractivity contribution in [1.82, 2.24) is 0 Å². The van der Waals surface area contributed by atoms with E-state index in [1.807, 2.05) is 0 Å². The maximum Gasteiger partial charge on any atom is 0.338 e. The first-order valence-corrected chi connectivity index (χ1v) is 8.05. The molecule has 0 aliphatic heterocycles. The van der Waals surface area contributed by atoms with Crippen LogP contribution in [0.15, 0.2) is 42.5 Å². The molecule has 7 heteroatoms. The molecule has 0 unspecified atom stereocenters. The number of ether oxygens (including phenoxy) is 3. The van der Waals surface area contributed by atoms with Crippen LogP contribution in [0.25, 0.3) is 0 Å². The molecule has 0 aromatic heterocycles. The van der Waals surface area contributed by atoms with Crippen LogP contribution >= 0.6 is 12.2 Å². The molecule has 132 valence electrons. The Balaban J connectivity index is 2.10. The van der Waals surface area contributed by atoms with E-state index < -0.39 is 0 Å². The number of nitrogens with one attached hydrogen (secondary N) is 2. The van der Waals surface area contributed by atoms with Gasteiger partial charge in [-0.25, -0.2) is 4.79 Å². The van der Waals surface area contributed by atoms with E-state index in [2.05, 4.69) is 10.6 Å². The highest BCUT2D eigenvalue weighted by Crippen LogP contribution is 2.29. The lowest BCUT2D eigenvalue weighted by Crippen LogP contribution is -2.19. The van der Waals surface area contributed by atoms with Crippen molar-refractivity contribution in [3.05, 3.63) is 48.0 Å². The molecular formula is C18H20N2O4S. The number of esters is 1. The Morgan fingerprint density at radius 1 is 1.08 bits per heavy atom. The van der Waals surface area contributed by atoms with Crippen LogP contribution in [-0.2, 0) is 4.74 Å². The van der Waals surface area contributed by atoms with E-state index >= 15 is 0 Å². The third kappa shape index (κ3) is 5.09. The van der Waals surface area contributed by atoms with Crippen molar-refractivity contribution >= 4 is 34.7 Å². The number of hydrogen-bond donors (Lipinski definition) is 2. The van der Waals surface area contributed by atoms with Crippen LogP contribution in [-0.4, -0.2) is 31.9 Å². The van der Waals surface area contributed by atoms with E-state index in [0.717, 1.165) is 0 Å². The van der Waals surface area contributed by atoms with Crippen molar-refractivity contribution in [1.29, 1.82) is 0 Å². The Morgan fingerprint density at radius 3 is 2.56 bits per heavy atom. The Labute approximate surface area is 152 Å². The summed E-state index contributed by atoms with van der Waals surface area (Å²) >= 11 is 5.33. The normalized spacial score (nSPS) is 9.88. The summed E-state index contributed by atoms with van der Waals surface area (Å²) in [6, 6.07) is 12.3. The van der Waals surface area contributed by atoms with Gasteiger partial charge in [-0.05, 0) is 49.5 Å². The van der Waals surface area contributed by atoms with Crippen LogP contribution in [0.3, 0.4) is 0 Å².